The highest BCUT2D eigenvalue weighted by atomic mass is 32.1. The van der Waals surface area contributed by atoms with E-state index >= 15 is 0 Å². The second kappa shape index (κ2) is 13.1. The third kappa shape index (κ3) is 7.96. The van der Waals surface area contributed by atoms with Crippen LogP contribution < -0.4 is 5.32 Å². The van der Waals surface area contributed by atoms with Crippen molar-refractivity contribution in [2.45, 2.75) is 64.8 Å². The average Bonchev–Trinajstić information content (AvgIpc) is 3.28. The summed E-state index contributed by atoms with van der Waals surface area (Å²) in [7, 11) is 0. The van der Waals surface area contributed by atoms with Gasteiger partial charge in [0.15, 0.2) is 5.78 Å². The van der Waals surface area contributed by atoms with Crippen molar-refractivity contribution < 1.29 is 14.4 Å². The largest absolute Gasteiger partial charge is 0.353 e. The molecule has 1 N–H and O–H groups in total. The van der Waals surface area contributed by atoms with Crippen LogP contribution in [0.25, 0.3) is 10.2 Å². The molecule has 0 aliphatic rings. The number of nitrogens with one attached hydrogen (secondary N) is 1. The number of ketones is 2. The van der Waals surface area contributed by atoms with E-state index in [9.17, 15) is 14.4 Å². The highest BCUT2D eigenvalue weighted by Gasteiger charge is 2.26. The number of nitrogens with zero attached hydrogens (tertiary/aromatic N) is 1. The van der Waals surface area contributed by atoms with Gasteiger partial charge < -0.3 is 5.32 Å². The Balaban J connectivity index is 1.78. The van der Waals surface area contributed by atoms with Gasteiger partial charge >= 0.3 is 0 Å². The third-order valence-corrected chi connectivity index (χ3v) is 7.24. The monoisotopic (exact) mass is 490 g/mol. The Morgan fingerprint density at radius 3 is 2.51 bits per heavy atom. The molecular formula is C29H34N2O3S. The highest BCUT2D eigenvalue weighted by molar-refractivity contribution is 7.18. The summed E-state index contributed by atoms with van der Waals surface area (Å²) >= 11 is 1.59. The quantitative estimate of drug-likeness (QED) is 0.296. The standard InChI is InChI=1S/C29H34N2O3S/c1-4-20-12-15-26-27(17-20)35-28(31-26)19-22(18-25(33)6-3)29(34)30-23(13-14-24(32)5-2)16-21-10-8-7-9-11-21/h5,7-12,15,17,22-23H,2,4,6,13-14,16,18-19H2,1,3H3,(H,30,34)/t22-,23+/m0/s1. The second-order valence-electron chi connectivity index (χ2n) is 8.86. The number of allylic oxidation sites excluding steroid dienone is 1. The zero-order valence-corrected chi connectivity index (χ0v) is 21.4. The average molecular weight is 491 g/mol. The number of carbonyl (C=O) groups excluding carboxylic acids is 3. The molecule has 2 atom stereocenters. The molecule has 1 amide bonds. The summed E-state index contributed by atoms with van der Waals surface area (Å²) in [5, 5.41) is 4.01. The maximum Gasteiger partial charge on any atom is 0.224 e. The van der Waals surface area contributed by atoms with E-state index < -0.39 is 5.92 Å². The molecule has 6 heteroatoms. The number of aryl methyl sites for hydroxylation is 1. The number of Topliss-reactive ketones (excluding diaryl/α,β-unsaturated/α-hetero) is 1. The molecule has 0 aliphatic carbocycles. The fourth-order valence-electron chi connectivity index (χ4n) is 4.07. The maximum atomic E-state index is 13.4. The minimum atomic E-state index is -0.498. The Bertz CT molecular complexity index is 1170. The molecule has 0 fully saturated rings. The Morgan fingerprint density at radius 2 is 1.83 bits per heavy atom. The van der Waals surface area contributed by atoms with Gasteiger partial charge in [-0.05, 0) is 48.6 Å². The molecule has 3 aromatic rings. The lowest BCUT2D eigenvalue weighted by molar-refractivity contribution is -0.130. The topological polar surface area (TPSA) is 76.1 Å². The van der Waals surface area contributed by atoms with Gasteiger partial charge in [-0.3, -0.25) is 14.4 Å². The smallest absolute Gasteiger partial charge is 0.224 e. The molecule has 0 spiro atoms. The molecule has 0 saturated heterocycles. The summed E-state index contributed by atoms with van der Waals surface area (Å²) in [6.45, 7) is 7.49. The van der Waals surface area contributed by atoms with Gasteiger partial charge in [0, 0.05) is 31.7 Å². The van der Waals surface area contributed by atoms with Gasteiger partial charge in [0.1, 0.15) is 5.78 Å². The Kier molecular flexibility index (Phi) is 9.91. The van der Waals surface area contributed by atoms with Crippen LogP contribution in [0.4, 0.5) is 0 Å². The predicted octanol–water partition coefficient (Wildman–Crippen LogP) is 5.65. The van der Waals surface area contributed by atoms with Crippen molar-refractivity contribution in [2.24, 2.45) is 5.92 Å². The zero-order valence-electron chi connectivity index (χ0n) is 20.6. The summed E-state index contributed by atoms with van der Waals surface area (Å²) in [4.78, 5) is 42.4. The van der Waals surface area contributed by atoms with Crippen LogP contribution in [-0.4, -0.2) is 28.5 Å². The molecule has 5 nitrogen and oxygen atoms in total. The van der Waals surface area contributed by atoms with Crippen LogP contribution in [0.2, 0.25) is 0 Å². The molecule has 1 aromatic heterocycles. The van der Waals surface area contributed by atoms with Crippen molar-refractivity contribution in [1.82, 2.24) is 10.3 Å². The number of hydrogen-bond donors (Lipinski definition) is 1. The van der Waals surface area contributed by atoms with Gasteiger partial charge in [-0.15, -0.1) is 11.3 Å². The number of benzene rings is 2. The van der Waals surface area contributed by atoms with Crippen molar-refractivity contribution in [3.8, 4) is 0 Å². The van der Waals surface area contributed by atoms with E-state index in [2.05, 4.69) is 31.0 Å². The van der Waals surface area contributed by atoms with Crippen molar-refractivity contribution in [1.29, 1.82) is 0 Å². The van der Waals surface area contributed by atoms with Gasteiger partial charge in [0.25, 0.3) is 0 Å². The van der Waals surface area contributed by atoms with E-state index in [0.29, 0.717) is 32.1 Å². The van der Waals surface area contributed by atoms with Gasteiger partial charge in [0.2, 0.25) is 5.91 Å². The van der Waals surface area contributed by atoms with Crippen molar-refractivity contribution >= 4 is 39.0 Å². The molecular weight excluding hydrogens is 456 g/mol. The lowest BCUT2D eigenvalue weighted by atomic mass is 9.95. The summed E-state index contributed by atoms with van der Waals surface area (Å²) < 4.78 is 1.10. The minimum Gasteiger partial charge on any atom is -0.353 e. The van der Waals surface area contributed by atoms with E-state index in [1.54, 1.807) is 11.3 Å². The molecule has 0 aliphatic heterocycles. The van der Waals surface area contributed by atoms with Crippen LogP contribution in [0.1, 0.15) is 55.7 Å². The lowest BCUT2D eigenvalue weighted by Crippen LogP contribution is -2.41. The van der Waals surface area contributed by atoms with Crippen molar-refractivity contribution in [3.05, 3.63) is 77.3 Å². The first-order valence-corrected chi connectivity index (χ1v) is 13.1. The number of hydrogen-bond acceptors (Lipinski definition) is 5. The SMILES string of the molecule is C=CC(=O)CC[C@H](Cc1ccccc1)NC(=O)[C@@H](CC(=O)CC)Cc1nc2ccc(CC)cc2s1. The number of thiazole rings is 1. The molecule has 0 unspecified atom stereocenters. The molecule has 2 aromatic carbocycles. The van der Waals surface area contributed by atoms with Crippen LogP contribution in [0, 0.1) is 5.92 Å². The highest BCUT2D eigenvalue weighted by Crippen LogP contribution is 2.26. The zero-order chi connectivity index (χ0) is 25.2. The Labute approximate surface area is 211 Å². The number of amides is 1. The van der Waals surface area contributed by atoms with E-state index in [-0.39, 0.29) is 29.9 Å². The first kappa shape index (κ1) is 26.5. The van der Waals surface area contributed by atoms with Crippen molar-refractivity contribution in [2.75, 3.05) is 0 Å². The van der Waals surface area contributed by atoms with Crippen LogP contribution >= 0.6 is 11.3 Å². The fourth-order valence-corrected chi connectivity index (χ4v) is 5.18. The summed E-state index contributed by atoms with van der Waals surface area (Å²) in [5.74, 6) is -0.647. The van der Waals surface area contributed by atoms with Crippen LogP contribution in [0.3, 0.4) is 0 Å². The van der Waals surface area contributed by atoms with Gasteiger partial charge in [0.05, 0.1) is 21.1 Å². The van der Waals surface area contributed by atoms with Crippen LogP contribution in [0.5, 0.6) is 0 Å². The van der Waals surface area contributed by atoms with Gasteiger partial charge in [-0.1, -0.05) is 56.8 Å². The molecule has 0 radical (unpaired) electrons. The van der Waals surface area contributed by atoms with Crippen molar-refractivity contribution in [3.63, 3.8) is 0 Å². The van der Waals surface area contributed by atoms with E-state index in [1.807, 2.05) is 43.3 Å². The third-order valence-electron chi connectivity index (χ3n) is 6.20. The molecule has 1 heterocycles. The van der Waals surface area contributed by atoms with Crippen LogP contribution in [-0.2, 0) is 33.6 Å². The maximum absolute atomic E-state index is 13.4. The number of carbonyl (C=O) groups is 3. The number of rotatable bonds is 14. The van der Waals surface area contributed by atoms with Gasteiger partial charge in [-0.2, -0.15) is 0 Å². The molecule has 3 rings (SSSR count). The normalized spacial score (nSPS) is 12.7. The molecule has 184 valence electrons. The van der Waals surface area contributed by atoms with E-state index in [1.165, 1.54) is 11.6 Å². The number of aromatic nitrogens is 1. The number of fused-ring (bicyclic) bond motifs is 1. The predicted molar refractivity (Wildman–Crippen MR) is 143 cm³/mol. The summed E-state index contributed by atoms with van der Waals surface area (Å²) in [5.41, 5.74) is 3.26. The Morgan fingerprint density at radius 1 is 1.06 bits per heavy atom. The first-order valence-electron chi connectivity index (χ1n) is 12.3. The first-order chi connectivity index (χ1) is 16.9. The summed E-state index contributed by atoms with van der Waals surface area (Å²) in [6, 6.07) is 15.9. The molecule has 0 bridgehead atoms. The Hall–Kier alpha value is -3.12. The fraction of sp³-hybridized carbons (Fsp3) is 0.379. The second-order valence-corrected chi connectivity index (χ2v) is 9.98. The minimum absolute atomic E-state index is 0.0454. The van der Waals surface area contributed by atoms with Gasteiger partial charge in [-0.25, -0.2) is 4.98 Å². The molecule has 0 saturated carbocycles. The van der Waals surface area contributed by atoms with E-state index in [4.69, 9.17) is 4.98 Å². The molecule has 35 heavy (non-hydrogen) atoms. The lowest BCUT2D eigenvalue weighted by Gasteiger charge is -2.22. The summed E-state index contributed by atoms with van der Waals surface area (Å²) in [6.07, 6.45) is 4.72. The van der Waals surface area contributed by atoms with E-state index in [0.717, 1.165) is 27.2 Å². The van der Waals surface area contributed by atoms with Crippen LogP contribution in [0.15, 0.2) is 61.2 Å².